The number of aryl methyl sites for hydroxylation is 1. The van der Waals surface area contributed by atoms with Crippen LogP contribution in [0.5, 0.6) is 5.75 Å². The van der Waals surface area contributed by atoms with Gasteiger partial charge in [-0.3, -0.25) is 0 Å². The molecule has 3 nitrogen and oxygen atoms in total. The van der Waals surface area contributed by atoms with Crippen LogP contribution in [-0.4, -0.2) is 16.2 Å². The lowest BCUT2D eigenvalue weighted by atomic mass is 10.5. The molecular formula is C8H12Cl2N2OS. The van der Waals surface area contributed by atoms with Crippen molar-refractivity contribution in [3.63, 3.8) is 0 Å². The van der Waals surface area contributed by atoms with Crippen molar-refractivity contribution >= 4 is 35.2 Å². The van der Waals surface area contributed by atoms with Gasteiger partial charge in [0.05, 0.1) is 12.0 Å². The minimum absolute atomic E-state index is 0.238. The highest BCUT2D eigenvalue weighted by molar-refractivity contribution is 7.94. The summed E-state index contributed by atoms with van der Waals surface area (Å²) in [6.45, 7) is 5.71. The maximum Gasteiger partial charge on any atom is 0.211 e. The summed E-state index contributed by atoms with van der Waals surface area (Å²) in [5, 5.41) is 0.476. The van der Waals surface area contributed by atoms with E-state index in [0.717, 1.165) is 12.0 Å². The second kappa shape index (κ2) is 7.15. The molecule has 80 valence electrons. The average Bonchev–Trinajstić information content (AvgIpc) is 2.14. The largest absolute Gasteiger partial charge is 0.420 e. The van der Waals surface area contributed by atoms with E-state index in [1.165, 1.54) is 0 Å². The molecule has 0 saturated heterocycles. The molecule has 0 spiro atoms. The van der Waals surface area contributed by atoms with Gasteiger partial charge in [0.25, 0.3) is 0 Å². The lowest BCUT2D eigenvalue weighted by molar-refractivity contribution is 0.639. The minimum atomic E-state index is 0.238. The highest BCUT2D eigenvalue weighted by Gasteiger charge is 2.10. The van der Waals surface area contributed by atoms with E-state index in [0.29, 0.717) is 11.6 Å². The Hall–Kier alpha value is -0.190. The molecule has 0 aliphatic rings. The van der Waals surface area contributed by atoms with Crippen LogP contribution < -0.4 is 4.18 Å². The first kappa shape index (κ1) is 13.8. The lowest BCUT2D eigenvalue weighted by Gasteiger charge is -2.04. The van der Waals surface area contributed by atoms with E-state index in [2.05, 4.69) is 9.97 Å². The quantitative estimate of drug-likeness (QED) is 0.595. The topological polar surface area (TPSA) is 35.0 Å². The first-order valence-electron chi connectivity index (χ1n) is 4.05. The summed E-state index contributed by atoms with van der Waals surface area (Å²) in [6, 6.07) is 0. The zero-order chi connectivity index (χ0) is 11.1. The van der Waals surface area contributed by atoms with Crippen molar-refractivity contribution < 1.29 is 4.18 Å². The highest BCUT2D eigenvalue weighted by atomic mass is 35.5. The molecule has 0 aromatic carbocycles. The van der Waals surface area contributed by atoms with Crippen molar-refractivity contribution in [2.45, 2.75) is 20.8 Å². The molecule has 0 amide bonds. The predicted molar refractivity (Wildman–Crippen MR) is 62.3 cm³/mol. The van der Waals surface area contributed by atoms with Gasteiger partial charge >= 0.3 is 0 Å². The standard InChI is InChI=1S/C6H6Cl2N2OS.C2H6/c1-3-9-5(7)4(11-12-2)6(8)10-3;1-2/h1-2H3;1-2H3. The Balaban J connectivity index is 0.000000791. The van der Waals surface area contributed by atoms with Crippen LogP contribution in [0.25, 0.3) is 0 Å². The molecule has 0 N–H and O–H groups in total. The van der Waals surface area contributed by atoms with Gasteiger partial charge in [-0.15, -0.1) is 0 Å². The molecule has 0 radical (unpaired) electrons. The molecule has 0 unspecified atom stereocenters. The molecule has 0 bridgehead atoms. The van der Waals surface area contributed by atoms with Crippen LogP contribution in [0, 0.1) is 6.92 Å². The third kappa shape index (κ3) is 3.90. The van der Waals surface area contributed by atoms with E-state index >= 15 is 0 Å². The molecule has 1 heterocycles. The van der Waals surface area contributed by atoms with Crippen molar-refractivity contribution in [1.82, 2.24) is 9.97 Å². The van der Waals surface area contributed by atoms with Crippen molar-refractivity contribution in [2.24, 2.45) is 0 Å². The SMILES string of the molecule is CC.CSOc1c(Cl)nc(C)nc1Cl. The van der Waals surface area contributed by atoms with Crippen LogP contribution in [0.2, 0.25) is 10.3 Å². The number of halogens is 2. The van der Waals surface area contributed by atoms with Gasteiger partial charge in [0.15, 0.2) is 10.3 Å². The van der Waals surface area contributed by atoms with Gasteiger partial charge < -0.3 is 4.18 Å². The number of aromatic nitrogens is 2. The van der Waals surface area contributed by atoms with Crippen LogP contribution in [-0.2, 0) is 0 Å². The second-order valence-electron chi connectivity index (χ2n) is 1.93. The zero-order valence-electron chi connectivity index (χ0n) is 8.47. The summed E-state index contributed by atoms with van der Waals surface area (Å²) in [6.07, 6.45) is 1.76. The van der Waals surface area contributed by atoms with E-state index in [9.17, 15) is 0 Å². The Kier molecular flexibility index (Phi) is 7.05. The first-order valence-corrected chi connectivity index (χ1v) is 5.96. The molecule has 14 heavy (non-hydrogen) atoms. The van der Waals surface area contributed by atoms with Crippen molar-refractivity contribution in [2.75, 3.05) is 6.26 Å². The summed E-state index contributed by atoms with van der Waals surface area (Å²) in [5.41, 5.74) is 0. The summed E-state index contributed by atoms with van der Waals surface area (Å²) in [4.78, 5) is 7.77. The van der Waals surface area contributed by atoms with Crippen molar-refractivity contribution in [3.8, 4) is 5.75 Å². The molecule has 0 atom stereocenters. The first-order chi connectivity index (χ1) is 6.65. The Labute approximate surface area is 98.4 Å². The summed E-state index contributed by atoms with van der Waals surface area (Å²) in [7, 11) is 0. The van der Waals surface area contributed by atoms with Crippen LogP contribution >= 0.6 is 35.2 Å². The van der Waals surface area contributed by atoms with E-state index in [1.807, 2.05) is 13.8 Å². The van der Waals surface area contributed by atoms with Gasteiger partial charge in [-0.1, -0.05) is 37.0 Å². The average molecular weight is 255 g/mol. The van der Waals surface area contributed by atoms with Gasteiger partial charge in [-0.2, -0.15) is 0 Å². The minimum Gasteiger partial charge on any atom is -0.420 e. The Morgan fingerprint density at radius 1 is 1.14 bits per heavy atom. The van der Waals surface area contributed by atoms with Crippen molar-refractivity contribution in [1.29, 1.82) is 0 Å². The van der Waals surface area contributed by atoms with Gasteiger partial charge in [0.1, 0.15) is 5.82 Å². The molecule has 1 aromatic rings. The lowest BCUT2D eigenvalue weighted by Crippen LogP contribution is -1.93. The highest BCUT2D eigenvalue weighted by Crippen LogP contribution is 2.31. The fraction of sp³-hybridized carbons (Fsp3) is 0.500. The van der Waals surface area contributed by atoms with Crippen LogP contribution in [0.1, 0.15) is 19.7 Å². The molecular weight excluding hydrogens is 243 g/mol. The molecule has 1 rings (SSSR count). The normalized spacial score (nSPS) is 9.00. The molecule has 0 aliphatic heterocycles. The molecule has 1 aromatic heterocycles. The van der Waals surface area contributed by atoms with Crippen molar-refractivity contribution in [3.05, 3.63) is 16.1 Å². The van der Waals surface area contributed by atoms with Crippen LogP contribution in [0.4, 0.5) is 0 Å². The third-order valence-electron chi connectivity index (χ3n) is 1.06. The van der Waals surface area contributed by atoms with Gasteiger partial charge in [0, 0.05) is 6.26 Å². The van der Waals surface area contributed by atoms with Gasteiger partial charge in [-0.05, 0) is 6.92 Å². The monoisotopic (exact) mass is 254 g/mol. The van der Waals surface area contributed by atoms with Gasteiger partial charge in [-0.25, -0.2) is 9.97 Å². The third-order valence-corrected chi connectivity index (χ3v) is 1.91. The predicted octanol–water partition coefficient (Wildman–Crippen LogP) is 3.77. The van der Waals surface area contributed by atoms with E-state index in [-0.39, 0.29) is 10.3 Å². The van der Waals surface area contributed by atoms with E-state index in [1.54, 1.807) is 13.2 Å². The summed E-state index contributed by atoms with van der Waals surface area (Å²) in [5.74, 6) is 0.842. The van der Waals surface area contributed by atoms with E-state index in [4.69, 9.17) is 27.4 Å². The smallest absolute Gasteiger partial charge is 0.211 e. The molecule has 0 fully saturated rings. The number of rotatable bonds is 2. The fourth-order valence-corrected chi connectivity index (χ4v) is 1.61. The molecule has 6 heteroatoms. The number of nitrogens with zero attached hydrogens (tertiary/aromatic N) is 2. The fourth-order valence-electron chi connectivity index (χ4n) is 0.648. The maximum absolute atomic E-state index is 5.74. The number of hydrogen-bond donors (Lipinski definition) is 0. The summed E-state index contributed by atoms with van der Waals surface area (Å²) >= 11 is 12.6. The Bertz CT molecular complexity index is 274. The maximum atomic E-state index is 5.74. The van der Waals surface area contributed by atoms with Gasteiger partial charge in [0.2, 0.25) is 5.75 Å². The number of hydrogen-bond acceptors (Lipinski definition) is 4. The van der Waals surface area contributed by atoms with E-state index < -0.39 is 0 Å². The second-order valence-corrected chi connectivity index (χ2v) is 3.15. The molecule has 0 aliphatic carbocycles. The van der Waals surface area contributed by atoms with Crippen LogP contribution in [0.3, 0.4) is 0 Å². The Morgan fingerprint density at radius 3 is 1.93 bits per heavy atom. The Morgan fingerprint density at radius 2 is 1.57 bits per heavy atom. The summed E-state index contributed by atoms with van der Waals surface area (Å²) < 4.78 is 5.05. The molecule has 0 saturated carbocycles. The van der Waals surface area contributed by atoms with Crippen LogP contribution in [0.15, 0.2) is 0 Å². The zero-order valence-corrected chi connectivity index (χ0v) is 10.8.